The van der Waals surface area contributed by atoms with Crippen molar-refractivity contribution in [2.24, 2.45) is 0 Å². The van der Waals surface area contributed by atoms with Gasteiger partial charge in [-0.15, -0.1) is 0 Å². The van der Waals surface area contributed by atoms with Crippen LogP contribution in [0.1, 0.15) is 48.2 Å². The highest BCUT2D eigenvalue weighted by Crippen LogP contribution is 2.30. The van der Waals surface area contributed by atoms with Crippen molar-refractivity contribution in [1.82, 2.24) is 19.5 Å². The number of aromatic nitrogens is 4. The zero-order chi connectivity index (χ0) is 20.5. The summed E-state index contributed by atoms with van der Waals surface area (Å²) in [5.74, 6) is 0.585. The van der Waals surface area contributed by atoms with E-state index in [9.17, 15) is 13.2 Å². The van der Waals surface area contributed by atoms with E-state index in [1.807, 2.05) is 29.8 Å². The van der Waals surface area contributed by atoms with E-state index in [0.717, 1.165) is 23.0 Å². The molecule has 3 rings (SSSR count). The van der Waals surface area contributed by atoms with E-state index in [2.05, 4.69) is 15.0 Å². The minimum atomic E-state index is -4.51. The molecule has 0 spiro atoms. The van der Waals surface area contributed by atoms with E-state index in [1.165, 1.54) is 0 Å². The first kappa shape index (κ1) is 19.9. The van der Waals surface area contributed by atoms with Gasteiger partial charge in [-0.05, 0) is 36.6 Å². The van der Waals surface area contributed by atoms with Crippen molar-refractivity contribution in [2.75, 3.05) is 7.11 Å². The summed E-state index contributed by atoms with van der Waals surface area (Å²) in [4.78, 5) is 12.2. The van der Waals surface area contributed by atoms with E-state index in [-0.39, 0.29) is 18.2 Å². The van der Waals surface area contributed by atoms with Crippen molar-refractivity contribution in [3.05, 3.63) is 65.3 Å². The molecule has 2 heterocycles. The molecule has 3 aromatic rings. The molecular weight excluding hydrogens is 369 g/mol. The van der Waals surface area contributed by atoms with Crippen LogP contribution in [0.2, 0.25) is 0 Å². The lowest BCUT2D eigenvalue weighted by atomic mass is 10.1. The minimum absolute atomic E-state index is 0.131. The van der Waals surface area contributed by atoms with Gasteiger partial charge in [-0.3, -0.25) is 0 Å². The zero-order valence-corrected chi connectivity index (χ0v) is 16.1. The third-order valence-corrected chi connectivity index (χ3v) is 4.27. The Kier molecular flexibility index (Phi) is 5.40. The lowest BCUT2D eigenvalue weighted by Crippen LogP contribution is -2.13. The van der Waals surface area contributed by atoms with Crippen LogP contribution in [-0.2, 0) is 12.6 Å². The van der Waals surface area contributed by atoms with Gasteiger partial charge in [0.2, 0.25) is 0 Å². The number of imidazole rings is 1. The third-order valence-electron chi connectivity index (χ3n) is 4.27. The van der Waals surface area contributed by atoms with Gasteiger partial charge in [0.25, 0.3) is 0 Å². The molecule has 2 aromatic heterocycles. The fraction of sp³-hybridized carbons (Fsp3) is 0.350. The van der Waals surface area contributed by atoms with Crippen molar-refractivity contribution >= 4 is 0 Å². The summed E-state index contributed by atoms with van der Waals surface area (Å²) in [5.41, 5.74) is 1.87. The van der Waals surface area contributed by atoms with Crippen LogP contribution in [0.3, 0.4) is 0 Å². The summed E-state index contributed by atoms with van der Waals surface area (Å²) in [6.07, 6.45) is -0.800. The number of halogens is 3. The van der Waals surface area contributed by atoms with Gasteiger partial charge < -0.3 is 9.30 Å². The average molecular weight is 390 g/mol. The highest BCUT2D eigenvalue weighted by molar-refractivity contribution is 5.49. The van der Waals surface area contributed by atoms with Crippen LogP contribution in [0.15, 0.2) is 36.8 Å². The zero-order valence-electron chi connectivity index (χ0n) is 16.1. The van der Waals surface area contributed by atoms with Crippen molar-refractivity contribution < 1.29 is 17.9 Å². The van der Waals surface area contributed by atoms with Gasteiger partial charge in [0.15, 0.2) is 0 Å². The third kappa shape index (κ3) is 4.32. The summed E-state index contributed by atoms with van der Waals surface area (Å²) in [7, 11) is 1.55. The Morgan fingerprint density at radius 2 is 1.89 bits per heavy atom. The van der Waals surface area contributed by atoms with Crippen molar-refractivity contribution in [3.63, 3.8) is 0 Å². The Labute approximate surface area is 161 Å². The number of benzene rings is 1. The highest BCUT2D eigenvalue weighted by atomic mass is 19.4. The topological polar surface area (TPSA) is 52.8 Å². The fourth-order valence-electron chi connectivity index (χ4n) is 2.82. The van der Waals surface area contributed by atoms with Gasteiger partial charge >= 0.3 is 6.18 Å². The predicted octanol–water partition coefficient (Wildman–Crippen LogP) is 4.71. The van der Waals surface area contributed by atoms with Crippen LogP contribution in [-0.4, -0.2) is 26.6 Å². The Morgan fingerprint density at radius 1 is 1.14 bits per heavy atom. The molecule has 0 bridgehead atoms. The molecule has 0 saturated carbocycles. The van der Waals surface area contributed by atoms with Crippen LogP contribution in [0.25, 0.3) is 5.69 Å². The van der Waals surface area contributed by atoms with Gasteiger partial charge in [-0.1, -0.05) is 19.9 Å². The smallest absolute Gasteiger partial charge is 0.433 e. The molecule has 0 aliphatic carbocycles. The SMILES string of the molecule is COc1cc(Cc2nc(C(C)C)cc(C(F)(F)F)n2)ccc1-n1cnc(C)c1. The Balaban J connectivity index is 1.96. The molecule has 0 N–H and O–H groups in total. The molecule has 0 aliphatic heterocycles. The second kappa shape index (κ2) is 7.61. The number of methoxy groups -OCH3 is 1. The van der Waals surface area contributed by atoms with Crippen LogP contribution in [0, 0.1) is 6.92 Å². The maximum Gasteiger partial charge on any atom is 0.433 e. The Bertz CT molecular complexity index is 980. The van der Waals surface area contributed by atoms with Crippen LogP contribution in [0.5, 0.6) is 5.75 Å². The lowest BCUT2D eigenvalue weighted by Gasteiger charge is -2.14. The molecule has 0 fully saturated rings. The summed E-state index contributed by atoms with van der Waals surface area (Å²) >= 11 is 0. The molecule has 0 aliphatic rings. The molecule has 148 valence electrons. The fourth-order valence-corrected chi connectivity index (χ4v) is 2.82. The van der Waals surface area contributed by atoms with Crippen molar-refractivity contribution in [2.45, 2.75) is 39.3 Å². The van der Waals surface area contributed by atoms with Crippen LogP contribution in [0.4, 0.5) is 13.2 Å². The van der Waals surface area contributed by atoms with Gasteiger partial charge in [0.1, 0.15) is 17.3 Å². The van der Waals surface area contributed by atoms with E-state index in [0.29, 0.717) is 11.4 Å². The van der Waals surface area contributed by atoms with Crippen LogP contribution < -0.4 is 4.74 Å². The quantitative estimate of drug-likeness (QED) is 0.633. The second-order valence-electron chi connectivity index (χ2n) is 6.85. The molecule has 1 aromatic carbocycles. The molecule has 5 nitrogen and oxygen atoms in total. The van der Waals surface area contributed by atoms with Gasteiger partial charge in [-0.2, -0.15) is 13.2 Å². The monoisotopic (exact) mass is 390 g/mol. The molecular formula is C20H21F3N4O. The largest absolute Gasteiger partial charge is 0.495 e. The minimum Gasteiger partial charge on any atom is -0.495 e. The predicted molar refractivity (Wildman–Crippen MR) is 98.8 cm³/mol. The molecule has 0 unspecified atom stereocenters. The number of ether oxygens (including phenoxy) is 1. The number of aryl methyl sites for hydroxylation is 1. The molecule has 0 radical (unpaired) electrons. The Morgan fingerprint density at radius 3 is 2.46 bits per heavy atom. The Hall–Kier alpha value is -2.90. The number of hydrogen-bond acceptors (Lipinski definition) is 4. The number of alkyl halides is 3. The number of rotatable bonds is 5. The standard InChI is InChI=1S/C20H21F3N4O/c1-12(2)15-9-18(20(21,22)23)26-19(25-15)8-14-5-6-16(17(7-14)28-4)27-10-13(3)24-11-27/h5-7,9-12H,8H2,1-4H3. The normalized spacial score (nSPS) is 11.9. The first-order chi connectivity index (χ1) is 13.2. The maximum atomic E-state index is 13.2. The summed E-state index contributed by atoms with van der Waals surface area (Å²) < 4.78 is 46.9. The van der Waals surface area contributed by atoms with Crippen LogP contribution >= 0.6 is 0 Å². The highest BCUT2D eigenvalue weighted by Gasteiger charge is 2.33. The van der Waals surface area contributed by atoms with Crippen molar-refractivity contribution in [1.29, 1.82) is 0 Å². The first-order valence-electron chi connectivity index (χ1n) is 8.80. The second-order valence-corrected chi connectivity index (χ2v) is 6.85. The van der Waals surface area contributed by atoms with Gasteiger partial charge in [0.05, 0.1) is 24.8 Å². The molecule has 28 heavy (non-hydrogen) atoms. The van der Waals surface area contributed by atoms with Gasteiger partial charge in [-0.25, -0.2) is 15.0 Å². The van der Waals surface area contributed by atoms with Crippen molar-refractivity contribution in [3.8, 4) is 11.4 Å². The maximum absolute atomic E-state index is 13.2. The summed E-state index contributed by atoms with van der Waals surface area (Å²) in [6, 6.07) is 6.46. The van der Waals surface area contributed by atoms with E-state index < -0.39 is 11.9 Å². The first-order valence-corrected chi connectivity index (χ1v) is 8.80. The lowest BCUT2D eigenvalue weighted by molar-refractivity contribution is -0.141. The molecule has 0 amide bonds. The average Bonchev–Trinajstić information content (AvgIpc) is 3.06. The number of nitrogens with zero attached hydrogens (tertiary/aromatic N) is 4. The molecule has 8 heteroatoms. The van der Waals surface area contributed by atoms with Gasteiger partial charge in [0, 0.05) is 18.3 Å². The summed E-state index contributed by atoms with van der Waals surface area (Å²) in [6.45, 7) is 5.49. The van der Waals surface area contributed by atoms with E-state index >= 15 is 0 Å². The van der Waals surface area contributed by atoms with E-state index in [1.54, 1.807) is 33.4 Å². The number of hydrogen-bond donors (Lipinski definition) is 0. The summed E-state index contributed by atoms with van der Waals surface area (Å²) in [5, 5.41) is 0. The molecule has 0 saturated heterocycles. The van der Waals surface area contributed by atoms with E-state index in [4.69, 9.17) is 4.74 Å². The molecule has 0 atom stereocenters.